The first kappa shape index (κ1) is 17.2. The average Bonchev–Trinajstić information content (AvgIpc) is 3.15. The number of carbonyl (C=O) groups excluding carboxylic acids is 1. The molecule has 0 aliphatic heterocycles. The van der Waals surface area contributed by atoms with E-state index < -0.39 is 0 Å². The molecule has 2 aromatic carbocycles. The first-order chi connectivity index (χ1) is 12.7. The fraction of sp³-hybridized carbons (Fsp3) is 0.105. The number of rotatable bonds is 6. The van der Waals surface area contributed by atoms with Gasteiger partial charge in [-0.1, -0.05) is 66.7 Å². The number of hydrogen-bond donors (Lipinski definition) is 1. The van der Waals surface area contributed by atoms with Crippen LogP contribution in [0.3, 0.4) is 0 Å². The molecule has 1 amide bonds. The summed E-state index contributed by atoms with van der Waals surface area (Å²) in [5.41, 5.74) is 5.07. The molecule has 26 heavy (non-hydrogen) atoms. The zero-order valence-corrected chi connectivity index (χ0v) is 14.3. The second-order valence-corrected chi connectivity index (χ2v) is 5.54. The first-order valence-corrected chi connectivity index (χ1v) is 8.10. The number of carbonyl (C=O) groups is 1. The van der Waals surface area contributed by atoms with Crippen molar-refractivity contribution in [2.45, 2.75) is 13.5 Å². The standard InChI is InChI=1S/C19H18N6O/c1-15(12-13-16-8-4-2-5-9-16)20-21-18(26)14-25-23-19(22-24-25)17-10-6-3-7-11-17/h2-13H,14H2,1H3,(H,21,26)/b13-12+,20-15+. The maximum absolute atomic E-state index is 12.0. The van der Waals surface area contributed by atoms with E-state index in [0.717, 1.165) is 11.1 Å². The van der Waals surface area contributed by atoms with E-state index in [9.17, 15) is 4.79 Å². The number of aromatic nitrogens is 4. The van der Waals surface area contributed by atoms with E-state index in [-0.39, 0.29) is 12.5 Å². The van der Waals surface area contributed by atoms with E-state index in [1.807, 2.05) is 72.8 Å². The van der Waals surface area contributed by atoms with Crippen molar-refractivity contribution in [3.8, 4) is 11.4 Å². The molecular formula is C19H18N6O. The molecule has 7 heteroatoms. The van der Waals surface area contributed by atoms with Crippen molar-refractivity contribution in [2.24, 2.45) is 5.10 Å². The summed E-state index contributed by atoms with van der Waals surface area (Å²) in [6.45, 7) is 1.75. The maximum Gasteiger partial charge on any atom is 0.263 e. The summed E-state index contributed by atoms with van der Waals surface area (Å²) >= 11 is 0. The molecule has 0 aliphatic rings. The third-order valence-electron chi connectivity index (χ3n) is 3.44. The number of nitrogens with zero attached hydrogens (tertiary/aromatic N) is 5. The van der Waals surface area contributed by atoms with Crippen molar-refractivity contribution in [3.63, 3.8) is 0 Å². The van der Waals surface area contributed by atoms with Crippen LogP contribution in [-0.2, 0) is 11.3 Å². The van der Waals surface area contributed by atoms with E-state index in [1.165, 1.54) is 4.80 Å². The Labute approximate surface area is 151 Å². The van der Waals surface area contributed by atoms with Gasteiger partial charge in [0, 0.05) is 5.56 Å². The molecule has 0 saturated carbocycles. The van der Waals surface area contributed by atoms with Crippen LogP contribution in [-0.4, -0.2) is 31.8 Å². The SMILES string of the molecule is CC(/C=C/c1ccccc1)=N\NC(=O)Cn1nnc(-c2ccccc2)n1. The largest absolute Gasteiger partial charge is 0.271 e. The van der Waals surface area contributed by atoms with Crippen molar-refractivity contribution >= 4 is 17.7 Å². The molecule has 1 heterocycles. The topological polar surface area (TPSA) is 85.1 Å². The number of tetrazole rings is 1. The predicted molar refractivity (Wildman–Crippen MR) is 100.0 cm³/mol. The van der Waals surface area contributed by atoms with Gasteiger partial charge in [0.15, 0.2) is 0 Å². The van der Waals surface area contributed by atoms with E-state index in [4.69, 9.17) is 0 Å². The molecule has 1 aromatic heterocycles. The monoisotopic (exact) mass is 346 g/mol. The van der Waals surface area contributed by atoms with E-state index in [0.29, 0.717) is 11.5 Å². The molecule has 0 atom stereocenters. The van der Waals surface area contributed by atoms with Gasteiger partial charge in [0.05, 0.1) is 5.71 Å². The van der Waals surface area contributed by atoms with Gasteiger partial charge in [-0.25, -0.2) is 5.43 Å². The highest BCUT2D eigenvalue weighted by atomic mass is 16.2. The molecule has 0 unspecified atom stereocenters. The Hall–Kier alpha value is -3.61. The fourth-order valence-electron chi connectivity index (χ4n) is 2.15. The van der Waals surface area contributed by atoms with E-state index in [2.05, 4.69) is 25.9 Å². The van der Waals surface area contributed by atoms with E-state index in [1.54, 1.807) is 6.92 Å². The zero-order valence-electron chi connectivity index (χ0n) is 14.3. The van der Waals surface area contributed by atoms with Crippen LogP contribution in [0.1, 0.15) is 12.5 Å². The van der Waals surface area contributed by atoms with Gasteiger partial charge in [0.1, 0.15) is 6.54 Å². The second kappa shape index (κ2) is 8.48. The van der Waals surface area contributed by atoms with Gasteiger partial charge in [0.2, 0.25) is 5.82 Å². The van der Waals surface area contributed by atoms with Crippen molar-refractivity contribution in [2.75, 3.05) is 0 Å². The lowest BCUT2D eigenvalue weighted by molar-refractivity contribution is -0.122. The summed E-state index contributed by atoms with van der Waals surface area (Å²) in [5, 5.41) is 16.1. The van der Waals surface area contributed by atoms with Crippen molar-refractivity contribution in [1.82, 2.24) is 25.6 Å². The van der Waals surface area contributed by atoms with Gasteiger partial charge < -0.3 is 0 Å². The second-order valence-electron chi connectivity index (χ2n) is 5.54. The lowest BCUT2D eigenvalue weighted by Crippen LogP contribution is -2.25. The van der Waals surface area contributed by atoms with Crippen LogP contribution in [0, 0.1) is 0 Å². The van der Waals surface area contributed by atoms with E-state index >= 15 is 0 Å². The number of benzene rings is 2. The summed E-state index contributed by atoms with van der Waals surface area (Å²) in [5.74, 6) is 0.151. The zero-order chi connectivity index (χ0) is 18.2. The number of hydrogen-bond acceptors (Lipinski definition) is 5. The third-order valence-corrected chi connectivity index (χ3v) is 3.44. The minimum Gasteiger partial charge on any atom is -0.271 e. The Morgan fingerprint density at radius 3 is 2.54 bits per heavy atom. The van der Waals surface area contributed by atoms with Crippen LogP contribution in [0.2, 0.25) is 0 Å². The van der Waals surface area contributed by atoms with Crippen LogP contribution in [0.5, 0.6) is 0 Å². The Morgan fingerprint density at radius 1 is 1.12 bits per heavy atom. The number of nitrogens with one attached hydrogen (secondary N) is 1. The molecule has 0 spiro atoms. The number of allylic oxidation sites excluding steroid dienone is 1. The fourth-order valence-corrected chi connectivity index (χ4v) is 2.15. The smallest absolute Gasteiger partial charge is 0.263 e. The number of amides is 1. The molecule has 130 valence electrons. The highest BCUT2D eigenvalue weighted by Crippen LogP contribution is 2.11. The predicted octanol–water partition coefficient (Wildman–Crippen LogP) is 2.55. The average molecular weight is 346 g/mol. The van der Waals surface area contributed by atoms with Gasteiger partial charge in [-0.15, -0.1) is 10.2 Å². The molecular weight excluding hydrogens is 328 g/mol. The van der Waals surface area contributed by atoms with Gasteiger partial charge in [0.25, 0.3) is 5.91 Å². The lowest BCUT2D eigenvalue weighted by Gasteiger charge is -1.99. The highest BCUT2D eigenvalue weighted by molar-refractivity contribution is 5.96. The summed E-state index contributed by atoms with van der Waals surface area (Å²) in [7, 11) is 0. The Kier molecular flexibility index (Phi) is 5.61. The van der Waals surface area contributed by atoms with Crippen LogP contribution in [0.4, 0.5) is 0 Å². The van der Waals surface area contributed by atoms with Gasteiger partial charge >= 0.3 is 0 Å². The summed E-state index contributed by atoms with van der Waals surface area (Å²) in [4.78, 5) is 13.2. The first-order valence-electron chi connectivity index (χ1n) is 8.10. The van der Waals surface area contributed by atoms with Crippen LogP contribution >= 0.6 is 0 Å². The molecule has 3 rings (SSSR count). The summed E-state index contributed by atoms with van der Waals surface area (Å²) in [6, 6.07) is 19.3. The highest BCUT2D eigenvalue weighted by Gasteiger charge is 2.08. The minimum atomic E-state index is -0.325. The molecule has 0 saturated heterocycles. The third kappa shape index (κ3) is 4.94. The van der Waals surface area contributed by atoms with Crippen LogP contribution in [0.25, 0.3) is 17.5 Å². The number of hydrazone groups is 1. The normalized spacial score (nSPS) is 11.7. The maximum atomic E-state index is 12.0. The van der Waals surface area contributed by atoms with Gasteiger partial charge in [-0.05, 0) is 23.8 Å². The summed E-state index contributed by atoms with van der Waals surface area (Å²) in [6.07, 6.45) is 3.76. The Balaban J connectivity index is 1.54. The van der Waals surface area contributed by atoms with Crippen LogP contribution in [0.15, 0.2) is 71.8 Å². The molecule has 3 aromatic rings. The van der Waals surface area contributed by atoms with Crippen LogP contribution < -0.4 is 5.43 Å². The summed E-state index contributed by atoms with van der Waals surface area (Å²) < 4.78 is 0. The molecule has 0 fully saturated rings. The molecule has 1 N–H and O–H groups in total. The molecule has 0 bridgehead atoms. The van der Waals surface area contributed by atoms with Crippen molar-refractivity contribution in [1.29, 1.82) is 0 Å². The minimum absolute atomic E-state index is 0.0565. The molecule has 0 aliphatic carbocycles. The molecule has 7 nitrogen and oxygen atoms in total. The molecule has 0 radical (unpaired) electrons. The van der Waals surface area contributed by atoms with Crippen molar-refractivity contribution in [3.05, 3.63) is 72.3 Å². The van der Waals surface area contributed by atoms with Gasteiger partial charge in [-0.3, -0.25) is 4.79 Å². The quantitative estimate of drug-likeness (QED) is 0.549. The Bertz CT molecular complexity index is 915. The Morgan fingerprint density at radius 2 is 1.81 bits per heavy atom. The lowest BCUT2D eigenvalue weighted by atomic mass is 10.2. The van der Waals surface area contributed by atoms with Crippen molar-refractivity contribution < 1.29 is 4.79 Å². The van der Waals surface area contributed by atoms with Gasteiger partial charge in [-0.2, -0.15) is 9.90 Å².